The second-order valence-corrected chi connectivity index (χ2v) is 8.36. The van der Waals surface area contributed by atoms with Gasteiger partial charge >= 0.3 is 6.03 Å². The number of rotatable bonds is 6. The molecule has 0 spiro atoms. The molecule has 0 aromatic heterocycles. The maximum atomic E-state index is 12.8. The fraction of sp³-hybridized carbons (Fsp3) is 0.103. The minimum atomic E-state index is -0.410. The van der Waals surface area contributed by atoms with Crippen molar-refractivity contribution in [2.75, 3.05) is 0 Å². The number of ether oxygens (including phenoxy) is 1. The maximum Gasteiger partial charge on any atom is 0.329 e. The number of imide groups is 1. The number of nitrogens with one attached hydrogen (secondary N) is 1. The van der Waals surface area contributed by atoms with Crippen LogP contribution >= 0.6 is 0 Å². The van der Waals surface area contributed by atoms with Crippen LogP contribution in [0.3, 0.4) is 0 Å². The molecule has 1 N–H and O–H groups in total. The van der Waals surface area contributed by atoms with E-state index in [1.165, 1.54) is 15.7 Å². The highest BCUT2D eigenvalue weighted by Gasteiger charge is 2.33. The maximum absolute atomic E-state index is 12.8. The summed E-state index contributed by atoms with van der Waals surface area (Å²) in [5.41, 5.74) is 4.23. The third-order valence-corrected chi connectivity index (χ3v) is 5.89. The van der Waals surface area contributed by atoms with Gasteiger partial charge in [0.2, 0.25) is 0 Å². The molecule has 34 heavy (non-hydrogen) atoms. The van der Waals surface area contributed by atoms with Crippen molar-refractivity contribution in [3.63, 3.8) is 0 Å². The van der Waals surface area contributed by atoms with E-state index in [1.54, 1.807) is 6.08 Å². The van der Waals surface area contributed by atoms with Gasteiger partial charge in [0, 0.05) is 0 Å². The van der Waals surface area contributed by atoms with Gasteiger partial charge in [-0.05, 0) is 52.6 Å². The van der Waals surface area contributed by atoms with Gasteiger partial charge in [0.15, 0.2) is 0 Å². The minimum Gasteiger partial charge on any atom is -0.489 e. The number of carbonyl (C=O) groups is 2. The summed E-state index contributed by atoms with van der Waals surface area (Å²) in [6, 6.07) is 29.3. The fourth-order valence-corrected chi connectivity index (χ4v) is 4.00. The first-order valence-corrected chi connectivity index (χ1v) is 11.2. The number of hydrogen-bond donors (Lipinski definition) is 1. The number of nitrogens with zero attached hydrogens (tertiary/aromatic N) is 1. The number of amides is 3. The molecule has 0 saturated carbocycles. The van der Waals surface area contributed by atoms with Crippen molar-refractivity contribution in [1.29, 1.82) is 0 Å². The zero-order chi connectivity index (χ0) is 23.5. The van der Waals surface area contributed by atoms with Crippen LogP contribution in [0.1, 0.15) is 22.3 Å². The standard InChI is InChI=1S/C29H24N2O3/c1-20-9-11-22(12-10-20)18-31-28(32)27(30-29(31)33)17-21-13-15-25(16-14-21)34-19-24-7-4-6-23-5-2-3-8-26(23)24/h2-17H,18-19H2,1H3,(H,30,33)/b27-17+. The van der Waals surface area contributed by atoms with Crippen molar-refractivity contribution in [1.82, 2.24) is 10.2 Å². The molecule has 0 aliphatic carbocycles. The molecule has 5 heteroatoms. The fourth-order valence-electron chi connectivity index (χ4n) is 4.00. The molecular weight excluding hydrogens is 424 g/mol. The summed E-state index contributed by atoms with van der Waals surface area (Å²) < 4.78 is 5.99. The van der Waals surface area contributed by atoms with Gasteiger partial charge in [0.25, 0.3) is 5.91 Å². The number of aryl methyl sites for hydroxylation is 1. The van der Waals surface area contributed by atoms with E-state index in [4.69, 9.17) is 4.74 Å². The molecule has 0 atom stereocenters. The lowest BCUT2D eigenvalue weighted by molar-refractivity contribution is -0.123. The normalized spacial score (nSPS) is 14.6. The van der Waals surface area contributed by atoms with Crippen molar-refractivity contribution >= 4 is 28.8 Å². The number of fused-ring (bicyclic) bond motifs is 1. The van der Waals surface area contributed by atoms with E-state index in [2.05, 4.69) is 29.6 Å². The molecule has 0 unspecified atom stereocenters. The summed E-state index contributed by atoms with van der Waals surface area (Å²) in [6.07, 6.45) is 1.68. The predicted molar refractivity (Wildman–Crippen MR) is 133 cm³/mol. The molecule has 4 aromatic rings. The van der Waals surface area contributed by atoms with Crippen LogP contribution in [0, 0.1) is 6.92 Å². The second-order valence-electron chi connectivity index (χ2n) is 8.36. The second kappa shape index (κ2) is 9.24. The third-order valence-electron chi connectivity index (χ3n) is 5.89. The molecule has 1 heterocycles. The van der Waals surface area contributed by atoms with Crippen LogP contribution in [-0.2, 0) is 17.9 Å². The van der Waals surface area contributed by atoms with Gasteiger partial charge in [0.1, 0.15) is 18.1 Å². The summed E-state index contributed by atoms with van der Waals surface area (Å²) in [4.78, 5) is 26.4. The van der Waals surface area contributed by atoms with Gasteiger partial charge in [-0.2, -0.15) is 0 Å². The number of carbonyl (C=O) groups excluding carboxylic acids is 2. The zero-order valence-electron chi connectivity index (χ0n) is 18.8. The monoisotopic (exact) mass is 448 g/mol. The van der Waals surface area contributed by atoms with E-state index >= 15 is 0 Å². The lowest BCUT2D eigenvalue weighted by atomic mass is 10.1. The van der Waals surface area contributed by atoms with Gasteiger partial charge in [-0.15, -0.1) is 0 Å². The van der Waals surface area contributed by atoms with Crippen molar-refractivity contribution < 1.29 is 14.3 Å². The summed E-state index contributed by atoms with van der Waals surface area (Å²) in [6.45, 7) is 2.70. The van der Waals surface area contributed by atoms with E-state index in [0.29, 0.717) is 6.61 Å². The van der Waals surface area contributed by atoms with Crippen LogP contribution < -0.4 is 10.1 Å². The molecule has 1 aliphatic rings. The van der Waals surface area contributed by atoms with Crippen LogP contribution in [0.5, 0.6) is 5.75 Å². The summed E-state index contributed by atoms with van der Waals surface area (Å²) in [5.74, 6) is 0.403. The molecule has 0 radical (unpaired) electrons. The van der Waals surface area contributed by atoms with Crippen LogP contribution in [-0.4, -0.2) is 16.8 Å². The molecule has 1 aliphatic heterocycles. The van der Waals surface area contributed by atoms with Crippen molar-refractivity contribution in [3.8, 4) is 5.75 Å². The van der Waals surface area contributed by atoms with Gasteiger partial charge in [-0.25, -0.2) is 4.79 Å². The van der Waals surface area contributed by atoms with Crippen LogP contribution in [0.4, 0.5) is 4.79 Å². The number of urea groups is 1. The SMILES string of the molecule is Cc1ccc(CN2C(=O)N/C(=C/c3ccc(OCc4cccc5ccccc45)cc3)C2=O)cc1. The van der Waals surface area contributed by atoms with E-state index in [0.717, 1.165) is 28.0 Å². The van der Waals surface area contributed by atoms with Crippen molar-refractivity contribution in [2.45, 2.75) is 20.1 Å². The topological polar surface area (TPSA) is 58.6 Å². The Labute approximate surface area is 198 Å². The third kappa shape index (κ3) is 4.55. The van der Waals surface area contributed by atoms with E-state index in [1.807, 2.05) is 73.7 Å². The van der Waals surface area contributed by atoms with E-state index in [9.17, 15) is 9.59 Å². The quantitative estimate of drug-likeness (QED) is 0.299. The predicted octanol–water partition coefficient (Wildman–Crippen LogP) is 5.82. The lowest BCUT2D eigenvalue weighted by Gasteiger charge is -2.11. The van der Waals surface area contributed by atoms with Crippen LogP contribution in [0.25, 0.3) is 16.8 Å². The molecule has 168 valence electrons. The minimum absolute atomic E-state index is 0.239. The highest BCUT2D eigenvalue weighted by Crippen LogP contribution is 2.22. The molecule has 0 bridgehead atoms. The highest BCUT2D eigenvalue weighted by molar-refractivity contribution is 6.13. The van der Waals surface area contributed by atoms with E-state index in [-0.39, 0.29) is 18.1 Å². The Hall–Kier alpha value is -4.38. The first-order valence-electron chi connectivity index (χ1n) is 11.2. The largest absolute Gasteiger partial charge is 0.489 e. The first-order chi connectivity index (χ1) is 16.6. The van der Waals surface area contributed by atoms with Gasteiger partial charge in [-0.3, -0.25) is 9.69 Å². The molecule has 1 saturated heterocycles. The average molecular weight is 449 g/mol. The average Bonchev–Trinajstić information content (AvgIpc) is 3.12. The van der Waals surface area contributed by atoms with Crippen LogP contribution in [0.15, 0.2) is 96.7 Å². The Morgan fingerprint density at radius 1 is 0.853 bits per heavy atom. The van der Waals surface area contributed by atoms with Crippen molar-refractivity contribution in [3.05, 3.63) is 119 Å². The number of benzene rings is 4. The van der Waals surface area contributed by atoms with Crippen LogP contribution in [0.2, 0.25) is 0 Å². The highest BCUT2D eigenvalue weighted by atomic mass is 16.5. The van der Waals surface area contributed by atoms with Gasteiger partial charge in [-0.1, -0.05) is 84.4 Å². The molecule has 5 nitrogen and oxygen atoms in total. The smallest absolute Gasteiger partial charge is 0.329 e. The number of hydrogen-bond acceptors (Lipinski definition) is 3. The Morgan fingerprint density at radius 3 is 2.38 bits per heavy atom. The summed E-state index contributed by atoms with van der Waals surface area (Å²) >= 11 is 0. The first kappa shape index (κ1) is 21.5. The Morgan fingerprint density at radius 2 is 1.59 bits per heavy atom. The van der Waals surface area contributed by atoms with Crippen molar-refractivity contribution in [2.24, 2.45) is 0 Å². The zero-order valence-corrected chi connectivity index (χ0v) is 18.8. The lowest BCUT2D eigenvalue weighted by Crippen LogP contribution is -2.30. The Bertz CT molecular complexity index is 1380. The molecular formula is C29H24N2O3. The molecule has 3 amide bonds. The summed E-state index contributed by atoms with van der Waals surface area (Å²) in [7, 11) is 0. The molecule has 4 aromatic carbocycles. The summed E-state index contributed by atoms with van der Waals surface area (Å²) in [5, 5.41) is 5.04. The molecule has 5 rings (SSSR count). The Balaban J connectivity index is 1.25. The van der Waals surface area contributed by atoms with E-state index < -0.39 is 6.03 Å². The Kier molecular flexibility index (Phi) is 5.83. The van der Waals surface area contributed by atoms with Gasteiger partial charge < -0.3 is 10.1 Å². The van der Waals surface area contributed by atoms with Gasteiger partial charge in [0.05, 0.1) is 6.54 Å². The molecule has 1 fully saturated rings.